The summed E-state index contributed by atoms with van der Waals surface area (Å²) in [6.45, 7) is 4.53. The molecule has 0 atom stereocenters. The number of nitrogens with zero attached hydrogens (tertiary/aromatic N) is 3. The summed E-state index contributed by atoms with van der Waals surface area (Å²) < 4.78 is 0. The van der Waals surface area contributed by atoms with E-state index in [9.17, 15) is 9.59 Å². The second kappa shape index (κ2) is 9.59. The highest BCUT2D eigenvalue weighted by atomic mass is 35.5. The lowest BCUT2D eigenvalue weighted by Crippen LogP contribution is -2.49. The fourth-order valence-corrected chi connectivity index (χ4v) is 4.23. The number of nitrogens with one attached hydrogen (secondary N) is 1. The van der Waals surface area contributed by atoms with E-state index >= 15 is 0 Å². The zero-order valence-corrected chi connectivity index (χ0v) is 19.0. The van der Waals surface area contributed by atoms with Crippen molar-refractivity contribution in [3.05, 3.63) is 87.7 Å². The highest BCUT2D eigenvalue weighted by Gasteiger charge is 2.24. The van der Waals surface area contributed by atoms with Crippen LogP contribution >= 0.6 is 23.2 Å². The Balaban J connectivity index is 1.40. The number of piperazine rings is 1. The average Bonchev–Trinajstić information content (AvgIpc) is 2.79. The molecule has 8 heteroatoms. The molecule has 6 nitrogen and oxygen atoms in total. The minimum atomic E-state index is -0.352. The third-order valence-corrected chi connectivity index (χ3v) is 6.10. The molecule has 1 N–H and O–H groups in total. The van der Waals surface area contributed by atoms with Gasteiger partial charge in [0.05, 0.1) is 16.3 Å². The van der Waals surface area contributed by atoms with E-state index in [0.29, 0.717) is 42.5 Å². The van der Waals surface area contributed by atoms with Gasteiger partial charge in [-0.2, -0.15) is 0 Å². The number of benzene rings is 2. The topological polar surface area (TPSA) is 65.5 Å². The van der Waals surface area contributed by atoms with Crippen molar-refractivity contribution in [3.63, 3.8) is 0 Å². The number of pyridine rings is 1. The third-order valence-electron chi connectivity index (χ3n) is 5.49. The molecule has 0 unspecified atom stereocenters. The summed E-state index contributed by atoms with van der Waals surface area (Å²) in [4.78, 5) is 33.2. The van der Waals surface area contributed by atoms with Gasteiger partial charge in [-0.15, -0.1) is 0 Å². The number of hydrogen-bond donors (Lipinski definition) is 1. The van der Waals surface area contributed by atoms with E-state index < -0.39 is 0 Å². The fourth-order valence-electron chi connectivity index (χ4n) is 3.73. The second-order valence-corrected chi connectivity index (χ2v) is 8.32. The molecule has 0 radical (unpaired) electrons. The van der Waals surface area contributed by atoms with Crippen LogP contribution in [-0.2, 0) is 0 Å². The molecular weight excluding hydrogens is 447 g/mol. The maximum absolute atomic E-state index is 12.8. The zero-order valence-electron chi connectivity index (χ0n) is 17.5. The molecule has 2 aromatic carbocycles. The molecule has 1 aliphatic heterocycles. The van der Waals surface area contributed by atoms with Crippen molar-refractivity contribution in [3.8, 4) is 0 Å². The predicted molar refractivity (Wildman–Crippen MR) is 128 cm³/mol. The largest absolute Gasteiger partial charge is 0.367 e. The Morgan fingerprint density at radius 3 is 2.34 bits per heavy atom. The molecule has 4 rings (SSSR count). The zero-order chi connectivity index (χ0) is 22.7. The minimum Gasteiger partial charge on any atom is -0.367 e. The fraction of sp³-hybridized carbons (Fsp3) is 0.208. The first kappa shape index (κ1) is 22.1. The minimum absolute atomic E-state index is 0.0565. The highest BCUT2D eigenvalue weighted by molar-refractivity contribution is 6.34. The van der Waals surface area contributed by atoms with Gasteiger partial charge in [-0.1, -0.05) is 41.4 Å². The molecule has 1 fully saturated rings. The molecular formula is C24H22Cl2N4O2. The van der Waals surface area contributed by atoms with E-state index in [1.54, 1.807) is 24.3 Å². The van der Waals surface area contributed by atoms with Crippen LogP contribution in [0.25, 0.3) is 0 Å². The number of rotatable bonds is 4. The summed E-state index contributed by atoms with van der Waals surface area (Å²) in [6.07, 6.45) is 1.53. The number of halogens is 2. The Morgan fingerprint density at radius 1 is 0.938 bits per heavy atom. The molecule has 1 aliphatic rings. The van der Waals surface area contributed by atoms with E-state index in [2.05, 4.69) is 15.2 Å². The SMILES string of the molecule is Cc1ccccc1C(=O)N1CCN(c2ccc(NC(=O)c3cccnc3Cl)cc2Cl)CC1. The van der Waals surface area contributed by atoms with E-state index in [4.69, 9.17) is 23.2 Å². The first-order valence-corrected chi connectivity index (χ1v) is 11.0. The van der Waals surface area contributed by atoms with Gasteiger partial charge >= 0.3 is 0 Å². The number of anilines is 2. The lowest BCUT2D eigenvalue weighted by Gasteiger charge is -2.36. The van der Waals surface area contributed by atoms with Crippen molar-refractivity contribution in [1.82, 2.24) is 9.88 Å². The molecule has 2 amide bonds. The van der Waals surface area contributed by atoms with Crippen molar-refractivity contribution in [2.45, 2.75) is 6.92 Å². The number of amides is 2. The maximum atomic E-state index is 12.8. The summed E-state index contributed by atoms with van der Waals surface area (Å²) >= 11 is 12.5. The van der Waals surface area contributed by atoms with Crippen LogP contribution < -0.4 is 10.2 Å². The van der Waals surface area contributed by atoms with Crippen LogP contribution in [0, 0.1) is 6.92 Å². The van der Waals surface area contributed by atoms with Crippen molar-refractivity contribution >= 4 is 46.4 Å². The average molecular weight is 469 g/mol. The Bertz CT molecular complexity index is 1160. The quantitative estimate of drug-likeness (QED) is 0.552. The van der Waals surface area contributed by atoms with Gasteiger partial charge in [0.15, 0.2) is 0 Å². The number of carbonyl (C=O) groups is 2. The van der Waals surface area contributed by atoms with Gasteiger partial charge in [-0.05, 0) is 48.9 Å². The third kappa shape index (κ3) is 4.71. The van der Waals surface area contributed by atoms with Crippen molar-refractivity contribution in [2.75, 3.05) is 36.4 Å². The van der Waals surface area contributed by atoms with Crippen molar-refractivity contribution in [2.24, 2.45) is 0 Å². The summed E-state index contributed by atoms with van der Waals surface area (Å²) in [6, 6.07) is 16.3. The summed E-state index contributed by atoms with van der Waals surface area (Å²) in [5, 5.41) is 3.47. The number of aryl methyl sites for hydroxylation is 1. The van der Waals surface area contributed by atoms with E-state index in [0.717, 1.165) is 16.8 Å². The van der Waals surface area contributed by atoms with Crippen molar-refractivity contribution in [1.29, 1.82) is 0 Å². The second-order valence-electron chi connectivity index (χ2n) is 7.56. The van der Waals surface area contributed by atoms with Crippen LogP contribution in [-0.4, -0.2) is 47.9 Å². The lowest BCUT2D eigenvalue weighted by molar-refractivity contribution is 0.0746. The van der Waals surface area contributed by atoms with Crippen LogP contribution in [0.5, 0.6) is 0 Å². The number of hydrogen-bond acceptors (Lipinski definition) is 4. The van der Waals surface area contributed by atoms with Crippen molar-refractivity contribution < 1.29 is 9.59 Å². The standard InChI is InChI=1S/C24H22Cl2N4O2/c1-16-5-2-3-6-18(16)24(32)30-13-11-29(12-14-30)21-9-8-17(15-20(21)25)28-23(31)19-7-4-10-27-22(19)26/h2-10,15H,11-14H2,1H3,(H,28,31). The Hall–Kier alpha value is -3.09. The smallest absolute Gasteiger partial charge is 0.258 e. The first-order chi connectivity index (χ1) is 15.4. The van der Waals surface area contributed by atoms with Gasteiger partial charge in [0.25, 0.3) is 11.8 Å². The molecule has 32 heavy (non-hydrogen) atoms. The maximum Gasteiger partial charge on any atom is 0.258 e. The predicted octanol–water partition coefficient (Wildman–Crippen LogP) is 4.91. The van der Waals surface area contributed by atoms with Gasteiger partial charge in [0, 0.05) is 43.6 Å². The molecule has 1 aromatic heterocycles. The molecule has 0 saturated carbocycles. The Labute approximate surface area is 196 Å². The van der Waals surface area contributed by atoms with Gasteiger partial charge in [-0.3, -0.25) is 9.59 Å². The lowest BCUT2D eigenvalue weighted by atomic mass is 10.1. The summed E-state index contributed by atoms with van der Waals surface area (Å²) in [5.41, 5.74) is 3.45. The summed E-state index contributed by atoms with van der Waals surface area (Å²) in [7, 11) is 0. The van der Waals surface area contributed by atoms with Gasteiger partial charge in [-0.25, -0.2) is 4.98 Å². The van der Waals surface area contributed by atoms with Gasteiger partial charge in [0.2, 0.25) is 0 Å². The van der Waals surface area contributed by atoms with E-state index in [1.165, 1.54) is 6.20 Å². The van der Waals surface area contributed by atoms with Crippen LogP contribution in [0.15, 0.2) is 60.8 Å². The molecule has 164 valence electrons. The number of aromatic nitrogens is 1. The molecule has 3 aromatic rings. The molecule has 1 saturated heterocycles. The van der Waals surface area contributed by atoms with Crippen LogP contribution in [0.1, 0.15) is 26.3 Å². The molecule has 0 bridgehead atoms. The van der Waals surface area contributed by atoms with Crippen LogP contribution in [0.3, 0.4) is 0 Å². The molecule has 0 aliphatic carbocycles. The van der Waals surface area contributed by atoms with E-state index in [-0.39, 0.29) is 17.0 Å². The van der Waals surface area contributed by atoms with Gasteiger partial charge < -0.3 is 15.1 Å². The van der Waals surface area contributed by atoms with Gasteiger partial charge in [0.1, 0.15) is 5.15 Å². The van der Waals surface area contributed by atoms with Crippen LogP contribution in [0.2, 0.25) is 10.2 Å². The molecule has 2 heterocycles. The Kier molecular flexibility index (Phi) is 6.63. The number of carbonyl (C=O) groups excluding carboxylic acids is 2. The summed E-state index contributed by atoms with van der Waals surface area (Å²) in [5.74, 6) is -0.295. The highest BCUT2D eigenvalue weighted by Crippen LogP contribution is 2.30. The van der Waals surface area contributed by atoms with Crippen LogP contribution in [0.4, 0.5) is 11.4 Å². The normalized spacial score (nSPS) is 13.7. The Morgan fingerprint density at radius 2 is 1.66 bits per heavy atom. The van der Waals surface area contributed by atoms with E-state index in [1.807, 2.05) is 42.2 Å². The molecule has 0 spiro atoms. The monoisotopic (exact) mass is 468 g/mol. The first-order valence-electron chi connectivity index (χ1n) is 10.3.